The smallest absolute Gasteiger partial charge is 0.251 e. The third-order valence-corrected chi connectivity index (χ3v) is 5.96. The molecule has 0 radical (unpaired) electrons. The highest BCUT2D eigenvalue weighted by Crippen LogP contribution is 2.17. The van der Waals surface area contributed by atoms with E-state index in [9.17, 15) is 9.59 Å². The maximum atomic E-state index is 12.3. The molecule has 1 saturated heterocycles. The van der Waals surface area contributed by atoms with Crippen LogP contribution in [0.4, 0.5) is 5.69 Å². The van der Waals surface area contributed by atoms with E-state index in [0.717, 1.165) is 51.1 Å². The number of hydrogen-bond donors (Lipinski definition) is 2. The van der Waals surface area contributed by atoms with Crippen LogP contribution in [-0.4, -0.2) is 62.0 Å². The lowest BCUT2D eigenvalue weighted by Gasteiger charge is -2.36. The number of hydrogen-bond acceptors (Lipinski definition) is 4. The number of aryl methyl sites for hydroxylation is 2. The number of amides is 2. The van der Waals surface area contributed by atoms with Gasteiger partial charge in [0.15, 0.2) is 0 Å². The minimum Gasteiger partial charge on any atom is -0.369 e. The van der Waals surface area contributed by atoms with Crippen molar-refractivity contribution in [1.82, 2.24) is 15.5 Å². The summed E-state index contributed by atoms with van der Waals surface area (Å²) in [6.07, 6.45) is 1.98. The van der Waals surface area contributed by atoms with E-state index in [-0.39, 0.29) is 11.8 Å². The molecule has 1 aliphatic rings. The summed E-state index contributed by atoms with van der Waals surface area (Å²) in [5, 5.41) is 5.71. The van der Waals surface area contributed by atoms with Crippen molar-refractivity contribution in [2.75, 3.05) is 44.2 Å². The number of anilines is 1. The van der Waals surface area contributed by atoms with Crippen molar-refractivity contribution in [3.05, 3.63) is 65.2 Å². The second kappa shape index (κ2) is 11.7. The minimum atomic E-state index is -0.558. The summed E-state index contributed by atoms with van der Waals surface area (Å²) in [4.78, 5) is 29.5. The van der Waals surface area contributed by atoms with Gasteiger partial charge in [-0.2, -0.15) is 0 Å². The van der Waals surface area contributed by atoms with Gasteiger partial charge in [0.05, 0.1) is 0 Å². The Hall–Kier alpha value is -2.86. The predicted octanol–water partition coefficient (Wildman–Crippen LogP) is 3.14. The fraction of sp³-hybridized carbons (Fsp3) is 0.462. The standard InChI is InChI=1S/C26H36N4O2/c1-20-8-6-10-23(18-20)26(32)28-22(3)25(31)27-12-4-5-13-29-14-16-30(17-15-29)24-11-7-9-21(2)19-24/h6-11,18-19,22H,4-5,12-17H2,1-3H3,(H,27,31)(H,28,32). The molecule has 2 amide bonds. The zero-order valence-electron chi connectivity index (χ0n) is 19.6. The van der Waals surface area contributed by atoms with Crippen LogP contribution in [0.3, 0.4) is 0 Å². The van der Waals surface area contributed by atoms with Crippen LogP contribution in [0.25, 0.3) is 0 Å². The SMILES string of the molecule is Cc1cccc(C(=O)NC(C)C(=O)NCCCCN2CCN(c3cccc(C)c3)CC2)c1. The molecule has 0 spiro atoms. The molecule has 2 aromatic rings. The Morgan fingerprint density at radius 3 is 2.31 bits per heavy atom. The Bertz CT molecular complexity index is 906. The van der Waals surface area contributed by atoms with Crippen LogP contribution in [0.15, 0.2) is 48.5 Å². The molecule has 0 saturated carbocycles. The number of carbonyl (C=O) groups excluding carboxylic acids is 2. The van der Waals surface area contributed by atoms with Gasteiger partial charge >= 0.3 is 0 Å². The molecule has 3 rings (SSSR count). The van der Waals surface area contributed by atoms with Gasteiger partial charge < -0.3 is 15.5 Å². The van der Waals surface area contributed by atoms with Gasteiger partial charge in [0, 0.05) is 44.0 Å². The predicted molar refractivity (Wildman–Crippen MR) is 130 cm³/mol. The molecule has 1 fully saturated rings. The zero-order valence-corrected chi connectivity index (χ0v) is 19.6. The molecule has 1 aliphatic heterocycles. The van der Waals surface area contributed by atoms with Gasteiger partial charge in [0.2, 0.25) is 5.91 Å². The van der Waals surface area contributed by atoms with Crippen molar-refractivity contribution in [2.45, 2.75) is 39.7 Å². The third-order valence-electron chi connectivity index (χ3n) is 5.96. The largest absolute Gasteiger partial charge is 0.369 e. The zero-order chi connectivity index (χ0) is 22.9. The van der Waals surface area contributed by atoms with Crippen molar-refractivity contribution in [3.8, 4) is 0 Å². The minimum absolute atomic E-state index is 0.141. The number of nitrogens with one attached hydrogen (secondary N) is 2. The molecule has 2 aromatic carbocycles. The van der Waals surface area contributed by atoms with E-state index in [4.69, 9.17) is 0 Å². The van der Waals surface area contributed by atoms with Crippen LogP contribution in [0.1, 0.15) is 41.3 Å². The quantitative estimate of drug-likeness (QED) is 0.593. The third kappa shape index (κ3) is 7.09. The van der Waals surface area contributed by atoms with Crippen molar-refractivity contribution in [2.24, 2.45) is 0 Å². The first kappa shape index (κ1) is 23.8. The van der Waals surface area contributed by atoms with Crippen LogP contribution >= 0.6 is 0 Å². The summed E-state index contributed by atoms with van der Waals surface area (Å²) in [7, 11) is 0. The summed E-state index contributed by atoms with van der Waals surface area (Å²) < 4.78 is 0. The summed E-state index contributed by atoms with van der Waals surface area (Å²) in [5.74, 6) is -0.362. The number of piperazine rings is 1. The van der Waals surface area contributed by atoms with Gasteiger partial charge in [-0.15, -0.1) is 0 Å². The topological polar surface area (TPSA) is 64.7 Å². The van der Waals surface area contributed by atoms with Gasteiger partial charge in [0.1, 0.15) is 6.04 Å². The first-order valence-corrected chi connectivity index (χ1v) is 11.6. The van der Waals surface area contributed by atoms with E-state index in [1.165, 1.54) is 11.3 Å². The lowest BCUT2D eigenvalue weighted by Crippen LogP contribution is -2.47. The van der Waals surface area contributed by atoms with Gasteiger partial charge in [-0.3, -0.25) is 14.5 Å². The molecule has 6 heteroatoms. The summed E-state index contributed by atoms with van der Waals surface area (Å²) in [5.41, 5.74) is 4.21. The average Bonchev–Trinajstić information content (AvgIpc) is 2.79. The number of nitrogens with zero attached hydrogens (tertiary/aromatic N) is 2. The van der Waals surface area contributed by atoms with Crippen molar-refractivity contribution < 1.29 is 9.59 Å². The fourth-order valence-corrected chi connectivity index (χ4v) is 4.01. The maximum absolute atomic E-state index is 12.3. The molecule has 6 nitrogen and oxygen atoms in total. The second-order valence-corrected chi connectivity index (χ2v) is 8.73. The molecule has 0 aromatic heterocycles. The van der Waals surface area contributed by atoms with E-state index < -0.39 is 6.04 Å². The number of carbonyl (C=O) groups is 2. The summed E-state index contributed by atoms with van der Waals surface area (Å²) in [6, 6.07) is 15.5. The van der Waals surface area contributed by atoms with E-state index in [2.05, 4.69) is 51.6 Å². The fourth-order valence-electron chi connectivity index (χ4n) is 4.01. The summed E-state index contributed by atoms with van der Waals surface area (Å²) >= 11 is 0. The van der Waals surface area contributed by atoms with Crippen molar-refractivity contribution in [3.63, 3.8) is 0 Å². The average molecular weight is 437 g/mol. The Labute approximate surface area is 192 Å². The molecule has 0 aliphatic carbocycles. The maximum Gasteiger partial charge on any atom is 0.251 e. The Morgan fingerprint density at radius 1 is 0.938 bits per heavy atom. The normalized spacial score (nSPS) is 15.3. The lowest BCUT2D eigenvalue weighted by molar-refractivity contribution is -0.122. The van der Waals surface area contributed by atoms with E-state index in [1.807, 2.05) is 25.1 Å². The van der Waals surface area contributed by atoms with Crippen LogP contribution in [-0.2, 0) is 4.79 Å². The molecule has 1 heterocycles. The molecule has 1 atom stereocenters. The molecular formula is C26H36N4O2. The Morgan fingerprint density at radius 2 is 1.62 bits per heavy atom. The van der Waals surface area contributed by atoms with Gasteiger partial charge in [-0.1, -0.05) is 29.8 Å². The first-order chi connectivity index (χ1) is 15.4. The number of benzene rings is 2. The van der Waals surface area contributed by atoms with Gasteiger partial charge in [-0.25, -0.2) is 0 Å². The lowest BCUT2D eigenvalue weighted by atomic mass is 10.1. The highest BCUT2D eigenvalue weighted by molar-refractivity contribution is 5.97. The number of rotatable bonds is 9. The van der Waals surface area contributed by atoms with E-state index in [0.29, 0.717) is 12.1 Å². The summed E-state index contributed by atoms with van der Waals surface area (Å²) in [6.45, 7) is 11.7. The monoisotopic (exact) mass is 436 g/mol. The molecule has 0 bridgehead atoms. The van der Waals surface area contributed by atoms with Crippen LogP contribution in [0, 0.1) is 13.8 Å². The van der Waals surface area contributed by atoms with E-state index >= 15 is 0 Å². The number of unbranched alkanes of at least 4 members (excludes halogenated alkanes) is 1. The highest BCUT2D eigenvalue weighted by Gasteiger charge is 2.18. The molecule has 1 unspecified atom stereocenters. The van der Waals surface area contributed by atoms with Crippen LogP contribution < -0.4 is 15.5 Å². The molecule has 172 valence electrons. The van der Waals surface area contributed by atoms with Crippen LogP contribution in [0.5, 0.6) is 0 Å². The highest BCUT2D eigenvalue weighted by atomic mass is 16.2. The van der Waals surface area contributed by atoms with E-state index in [1.54, 1.807) is 13.0 Å². The Kier molecular flexibility index (Phi) is 8.68. The first-order valence-electron chi connectivity index (χ1n) is 11.6. The van der Waals surface area contributed by atoms with Gasteiger partial charge in [-0.05, 0) is 70.0 Å². The second-order valence-electron chi connectivity index (χ2n) is 8.73. The molecule has 2 N–H and O–H groups in total. The molecule has 32 heavy (non-hydrogen) atoms. The van der Waals surface area contributed by atoms with Crippen molar-refractivity contribution >= 4 is 17.5 Å². The van der Waals surface area contributed by atoms with Crippen LogP contribution in [0.2, 0.25) is 0 Å². The van der Waals surface area contributed by atoms with Crippen molar-refractivity contribution in [1.29, 1.82) is 0 Å². The Balaban J connectivity index is 1.28. The molecular weight excluding hydrogens is 400 g/mol. The van der Waals surface area contributed by atoms with Gasteiger partial charge in [0.25, 0.3) is 5.91 Å².